The molecule has 0 aliphatic heterocycles. The Morgan fingerprint density at radius 1 is 1.25 bits per heavy atom. The van der Waals surface area contributed by atoms with Gasteiger partial charge in [0.1, 0.15) is 0 Å². The molecular weight excluding hydrogens is 236 g/mol. The van der Waals surface area contributed by atoms with E-state index >= 15 is 0 Å². The minimum absolute atomic E-state index is 0.117. The van der Waals surface area contributed by atoms with Crippen LogP contribution in [-0.2, 0) is 0 Å². The van der Waals surface area contributed by atoms with Crippen molar-refractivity contribution in [2.24, 2.45) is 5.73 Å². The lowest BCUT2D eigenvalue weighted by atomic mass is 10.0. The smallest absolute Gasteiger partial charge is 0.0795 e. The van der Waals surface area contributed by atoms with Crippen molar-refractivity contribution >= 4 is 32.8 Å². The maximum absolute atomic E-state index is 6.24. The number of hydrogen-bond donors (Lipinski definition) is 1. The van der Waals surface area contributed by atoms with Crippen molar-refractivity contribution in [2.45, 2.75) is 6.04 Å². The molecule has 2 heterocycles. The quantitative estimate of drug-likeness (QED) is 0.752. The molecule has 4 heteroatoms. The Balaban J connectivity index is 2.15. The summed E-state index contributed by atoms with van der Waals surface area (Å²) in [6.45, 7) is 0. The molecule has 0 aliphatic carbocycles. The van der Waals surface area contributed by atoms with E-state index in [1.54, 1.807) is 22.7 Å². The molecule has 1 unspecified atom stereocenters. The summed E-state index contributed by atoms with van der Waals surface area (Å²) >= 11 is 3.32. The zero-order chi connectivity index (χ0) is 11.0. The fourth-order valence-corrected chi connectivity index (χ4v) is 3.34. The molecule has 0 saturated heterocycles. The number of hydrogen-bond acceptors (Lipinski definition) is 4. The minimum Gasteiger partial charge on any atom is -0.319 e. The standard InChI is InChI=1S/C12H10N2S2/c13-11(10-6-15-7-14-10)9-3-1-2-8-4-5-16-12(8)9/h1-7,11H,13H2. The van der Waals surface area contributed by atoms with Crippen molar-refractivity contribution < 1.29 is 0 Å². The molecule has 0 bridgehead atoms. The predicted octanol–water partition coefficient (Wildman–Crippen LogP) is 3.41. The third kappa shape index (κ3) is 1.55. The van der Waals surface area contributed by atoms with E-state index in [0.717, 1.165) is 5.69 Å². The Hall–Kier alpha value is -1.23. The lowest BCUT2D eigenvalue weighted by Gasteiger charge is -2.10. The Labute approximate surface area is 101 Å². The van der Waals surface area contributed by atoms with Crippen LogP contribution in [0.5, 0.6) is 0 Å². The van der Waals surface area contributed by atoms with Crippen LogP contribution in [0.4, 0.5) is 0 Å². The van der Waals surface area contributed by atoms with Crippen LogP contribution in [0.1, 0.15) is 17.3 Å². The molecular formula is C12H10N2S2. The molecule has 2 N–H and O–H groups in total. The number of nitrogens with two attached hydrogens (primary N) is 1. The monoisotopic (exact) mass is 246 g/mol. The SMILES string of the molecule is NC(c1cscn1)c1cccc2ccsc12. The second-order valence-corrected chi connectivity index (χ2v) is 5.21. The molecule has 0 spiro atoms. The maximum atomic E-state index is 6.24. The summed E-state index contributed by atoms with van der Waals surface area (Å²) in [5.41, 5.74) is 10.2. The highest BCUT2D eigenvalue weighted by Gasteiger charge is 2.14. The van der Waals surface area contributed by atoms with Crippen molar-refractivity contribution in [1.29, 1.82) is 0 Å². The number of nitrogens with zero attached hydrogens (tertiary/aromatic N) is 1. The number of benzene rings is 1. The van der Waals surface area contributed by atoms with Gasteiger partial charge in [-0.05, 0) is 22.4 Å². The largest absolute Gasteiger partial charge is 0.319 e. The molecule has 1 aromatic carbocycles. The topological polar surface area (TPSA) is 38.9 Å². The number of aromatic nitrogens is 1. The van der Waals surface area contributed by atoms with Gasteiger partial charge in [-0.25, -0.2) is 4.98 Å². The molecule has 80 valence electrons. The molecule has 3 rings (SSSR count). The lowest BCUT2D eigenvalue weighted by Crippen LogP contribution is -2.12. The number of rotatable bonds is 2. The van der Waals surface area contributed by atoms with E-state index in [1.807, 2.05) is 10.9 Å². The van der Waals surface area contributed by atoms with E-state index in [1.165, 1.54) is 15.6 Å². The van der Waals surface area contributed by atoms with Gasteiger partial charge in [0.25, 0.3) is 0 Å². The highest BCUT2D eigenvalue weighted by Crippen LogP contribution is 2.30. The maximum Gasteiger partial charge on any atom is 0.0795 e. The summed E-state index contributed by atoms with van der Waals surface area (Å²) in [4.78, 5) is 4.28. The van der Waals surface area contributed by atoms with Gasteiger partial charge in [0.15, 0.2) is 0 Å². The van der Waals surface area contributed by atoms with Crippen LogP contribution in [0.25, 0.3) is 10.1 Å². The summed E-state index contributed by atoms with van der Waals surface area (Å²) < 4.78 is 1.27. The molecule has 2 aromatic heterocycles. The van der Waals surface area contributed by atoms with Gasteiger partial charge < -0.3 is 5.73 Å². The predicted molar refractivity (Wildman–Crippen MR) is 70.0 cm³/mol. The van der Waals surface area contributed by atoms with Gasteiger partial charge in [-0.2, -0.15) is 0 Å². The van der Waals surface area contributed by atoms with Gasteiger partial charge in [-0.1, -0.05) is 18.2 Å². The molecule has 3 aromatic rings. The van der Waals surface area contributed by atoms with E-state index in [-0.39, 0.29) is 6.04 Å². The Bertz CT molecular complexity index is 598. The second-order valence-electron chi connectivity index (χ2n) is 3.58. The molecule has 0 saturated carbocycles. The summed E-state index contributed by atoms with van der Waals surface area (Å²) in [5.74, 6) is 0. The van der Waals surface area contributed by atoms with Crippen LogP contribution in [-0.4, -0.2) is 4.98 Å². The summed E-state index contributed by atoms with van der Waals surface area (Å²) in [7, 11) is 0. The van der Waals surface area contributed by atoms with Crippen LogP contribution >= 0.6 is 22.7 Å². The van der Waals surface area contributed by atoms with E-state index in [2.05, 4.69) is 34.6 Å². The molecule has 16 heavy (non-hydrogen) atoms. The molecule has 0 fully saturated rings. The summed E-state index contributed by atoms with van der Waals surface area (Å²) in [5, 5.41) is 5.37. The summed E-state index contributed by atoms with van der Waals surface area (Å²) in [6.07, 6.45) is 0. The fourth-order valence-electron chi connectivity index (χ4n) is 1.80. The van der Waals surface area contributed by atoms with Crippen molar-refractivity contribution in [1.82, 2.24) is 4.98 Å². The molecule has 0 amide bonds. The van der Waals surface area contributed by atoms with Gasteiger partial charge in [-0.15, -0.1) is 22.7 Å². The molecule has 1 atom stereocenters. The third-order valence-electron chi connectivity index (χ3n) is 2.61. The highest BCUT2D eigenvalue weighted by atomic mass is 32.1. The Morgan fingerprint density at radius 3 is 3.00 bits per heavy atom. The minimum atomic E-state index is -0.117. The van der Waals surface area contributed by atoms with Gasteiger partial charge >= 0.3 is 0 Å². The van der Waals surface area contributed by atoms with Gasteiger partial charge in [0, 0.05) is 10.1 Å². The van der Waals surface area contributed by atoms with Crippen LogP contribution < -0.4 is 5.73 Å². The first kappa shape index (κ1) is 9.96. The number of thiophene rings is 1. The van der Waals surface area contributed by atoms with Gasteiger partial charge in [0.2, 0.25) is 0 Å². The molecule has 2 nitrogen and oxygen atoms in total. The number of fused-ring (bicyclic) bond motifs is 1. The van der Waals surface area contributed by atoms with E-state index < -0.39 is 0 Å². The van der Waals surface area contributed by atoms with Crippen LogP contribution in [0.15, 0.2) is 40.5 Å². The van der Waals surface area contributed by atoms with Crippen molar-refractivity contribution in [3.8, 4) is 0 Å². The van der Waals surface area contributed by atoms with Gasteiger partial charge in [0.05, 0.1) is 17.2 Å². The zero-order valence-electron chi connectivity index (χ0n) is 8.46. The normalized spacial score (nSPS) is 13.1. The first-order valence-electron chi connectivity index (χ1n) is 4.96. The van der Waals surface area contributed by atoms with Crippen LogP contribution in [0.2, 0.25) is 0 Å². The van der Waals surface area contributed by atoms with Crippen molar-refractivity contribution in [3.63, 3.8) is 0 Å². The molecule has 0 aliphatic rings. The average Bonchev–Trinajstić information content (AvgIpc) is 2.98. The van der Waals surface area contributed by atoms with E-state index in [4.69, 9.17) is 5.73 Å². The number of thiazole rings is 1. The van der Waals surface area contributed by atoms with E-state index in [9.17, 15) is 0 Å². The third-order valence-corrected chi connectivity index (χ3v) is 4.20. The average molecular weight is 246 g/mol. The first-order chi connectivity index (χ1) is 7.86. The van der Waals surface area contributed by atoms with Crippen LogP contribution in [0.3, 0.4) is 0 Å². The highest BCUT2D eigenvalue weighted by molar-refractivity contribution is 7.17. The second kappa shape index (κ2) is 3.97. The van der Waals surface area contributed by atoms with E-state index in [0.29, 0.717) is 0 Å². The summed E-state index contributed by atoms with van der Waals surface area (Å²) in [6, 6.07) is 8.26. The zero-order valence-corrected chi connectivity index (χ0v) is 10.1. The van der Waals surface area contributed by atoms with Crippen LogP contribution in [0, 0.1) is 0 Å². The molecule has 0 radical (unpaired) electrons. The van der Waals surface area contributed by atoms with Crippen molar-refractivity contribution in [3.05, 3.63) is 51.8 Å². The first-order valence-corrected chi connectivity index (χ1v) is 6.78. The Morgan fingerprint density at radius 2 is 2.19 bits per heavy atom. The lowest BCUT2D eigenvalue weighted by molar-refractivity contribution is 0.848. The van der Waals surface area contributed by atoms with Crippen molar-refractivity contribution in [2.75, 3.05) is 0 Å². The fraction of sp³-hybridized carbons (Fsp3) is 0.0833. The van der Waals surface area contributed by atoms with Gasteiger partial charge in [-0.3, -0.25) is 0 Å². The Kier molecular flexibility index (Phi) is 2.47.